The minimum atomic E-state index is -0.327. The number of nitrogens with zero attached hydrogens (tertiary/aromatic N) is 4. The summed E-state index contributed by atoms with van der Waals surface area (Å²) >= 11 is 6.13. The summed E-state index contributed by atoms with van der Waals surface area (Å²) < 4.78 is 2.95. The normalized spacial score (nSPS) is 11.9. The number of amides is 2. The number of halogens is 1. The summed E-state index contributed by atoms with van der Waals surface area (Å²) in [5, 5.41) is 17.8. The molecule has 198 valence electrons. The van der Waals surface area contributed by atoms with Gasteiger partial charge in [-0.25, -0.2) is 4.98 Å². The van der Waals surface area contributed by atoms with E-state index in [9.17, 15) is 9.59 Å². The molecular weight excluding hydrogens is 584 g/mol. The molecule has 0 saturated carbocycles. The largest absolute Gasteiger partial charge is 0.342 e. The summed E-state index contributed by atoms with van der Waals surface area (Å²) in [5.41, 5.74) is 3.49. The van der Waals surface area contributed by atoms with Crippen LogP contribution in [-0.2, 0) is 11.3 Å². The van der Waals surface area contributed by atoms with Crippen LogP contribution in [0, 0.1) is 12.8 Å². The predicted octanol–water partition coefficient (Wildman–Crippen LogP) is 6.35. The highest BCUT2D eigenvalue weighted by Gasteiger charge is 2.26. The summed E-state index contributed by atoms with van der Waals surface area (Å²) in [5.74, 6) is 0.587. The van der Waals surface area contributed by atoms with Crippen LogP contribution >= 0.6 is 39.0 Å². The number of thioether (sulfide) groups is 1. The minimum absolute atomic E-state index is 0.0878. The molecule has 4 aromatic rings. The molecule has 0 aliphatic rings. The quantitative estimate of drug-likeness (QED) is 0.202. The van der Waals surface area contributed by atoms with Gasteiger partial charge in [-0.1, -0.05) is 71.4 Å². The number of carbonyl (C=O) groups is 2. The van der Waals surface area contributed by atoms with Crippen molar-refractivity contribution in [1.82, 2.24) is 25.1 Å². The minimum Gasteiger partial charge on any atom is -0.342 e. The van der Waals surface area contributed by atoms with Crippen molar-refractivity contribution in [2.75, 3.05) is 11.1 Å². The number of rotatable bonds is 10. The van der Waals surface area contributed by atoms with E-state index < -0.39 is 0 Å². The van der Waals surface area contributed by atoms with Crippen molar-refractivity contribution in [2.45, 2.75) is 45.4 Å². The first kappa shape index (κ1) is 28.0. The third-order valence-electron chi connectivity index (χ3n) is 5.83. The van der Waals surface area contributed by atoms with Crippen LogP contribution < -0.4 is 10.6 Å². The fourth-order valence-electron chi connectivity index (χ4n) is 3.76. The van der Waals surface area contributed by atoms with E-state index in [0.717, 1.165) is 21.3 Å². The fraction of sp³-hybridized carbons (Fsp3) is 0.296. The van der Waals surface area contributed by atoms with Crippen LogP contribution in [0.4, 0.5) is 5.13 Å². The molecule has 8 nitrogen and oxygen atoms in total. The summed E-state index contributed by atoms with van der Waals surface area (Å²) in [4.78, 5) is 30.1. The highest BCUT2D eigenvalue weighted by Crippen LogP contribution is 2.28. The zero-order valence-electron chi connectivity index (χ0n) is 21.6. The van der Waals surface area contributed by atoms with Crippen molar-refractivity contribution in [3.05, 3.63) is 75.3 Å². The molecule has 0 fully saturated rings. The predicted molar refractivity (Wildman–Crippen MR) is 157 cm³/mol. The van der Waals surface area contributed by atoms with Gasteiger partial charge in [0.2, 0.25) is 5.91 Å². The van der Waals surface area contributed by atoms with E-state index >= 15 is 0 Å². The number of carbonyl (C=O) groups excluding carboxylic acids is 2. The van der Waals surface area contributed by atoms with Gasteiger partial charge in [0, 0.05) is 27.5 Å². The van der Waals surface area contributed by atoms with Crippen molar-refractivity contribution in [1.29, 1.82) is 0 Å². The van der Waals surface area contributed by atoms with Crippen molar-refractivity contribution >= 4 is 56.0 Å². The Morgan fingerprint density at radius 1 is 1.08 bits per heavy atom. The third-order valence-corrected chi connectivity index (χ3v) is 8.08. The maximum atomic E-state index is 12.9. The van der Waals surface area contributed by atoms with Crippen molar-refractivity contribution in [3.63, 3.8) is 0 Å². The molecule has 0 unspecified atom stereocenters. The molecule has 1 atom stereocenters. The molecule has 2 amide bonds. The number of nitrogens with one attached hydrogen (secondary N) is 2. The highest BCUT2D eigenvalue weighted by atomic mass is 79.9. The Labute approximate surface area is 238 Å². The molecule has 0 radical (unpaired) electrons. The molecule has 2 aromatic heterocycles. The number of thiazole rings is 1. The molecule has 0 saturated heterocycles. The number of hydrogen-bond donors (Lipinski definition) is 2. The van der Waals surface area contributed by atoms with Crippen LogP contribution in [0.5, 0.6) is 0 Å². The Bertz CT molecular complexity index is 1400. The van der Waals surface area contributed by atoms with Crippen LogP contribution in [0.15, 0.2) is 63.5 Å². The summed E-state index contributed by atoms with van der Waals surface area (Å²) in [6, 6.07) is 15.0. The second-order valence-corrected chi connectivity index (χ2v) is 11.7. The zero-order chi connectivity index (χ0) is 27.2. The first-order valence-corrected chi connectivity index (χ1v) is 14.9. The second kappa shape index (κ2) is 12.7. The van der Waals surface area contributed by atoms with Gasteiger partial charge in [-0.3, -0.25) is 9.59 Å². The van der Waals surface area contributed by atoms with Crippen molar-refractivity contribution in [3.8, 4) is 11.3 Å². The van der Waals surface area contributed by atoms with Gasteiger partial charge in [-0.15, -0.1) is 21.5 Å². The van der Waals surface area contributed by atoms with Crippen LogP contribution in [0.2, 0.25) is 0 Å². The number of aryl methyl sites for hydroxylation is 1. The van der Waals surface area contributed by atoms with Crippen LogP contribution in [0.1, 0.15) is 48.6 Å². The molecule has 2 heterocycles. The fourth-order valence-corrected chi connectivity index (χ4v) is 5.57. The first-order valence-electron chi connectivity index (χ1n) is 12.2. The first-order chi connectivity index (χ1) is 18.2. The van der Waals surface area contributed by atoms with E-state index in [0.29, 0.717) is 28.2 Å². The molecule has 2 N–H and O–H groups in total. The molecule has 0 aliphatic heterocycles. The van der Waals surface area contributed by atoms with Crippen molar-refractivity contribution < 1.29 is 9.59 Å². The monoisotopic (exact) mass is 612 g/mol. The van der Waals surface area contributed by atoms with Crippen LogP contribution in [0.3, 0.4) is 0 Å². The Morgan fingerprint density at radius 3 is 2.45 bits per heavy atom. The number of benzene rings is 2. The Morgan fingerprint density at radius 2 is 1.79 bits per heavy atom. The maximum absolute atomic E-state index is 12.9. The van der Waals surface area contributed by atoms with Gasteiger partial charge in [0.1, 0.15) is 0 Å². The van der Waals surface area contributed by atoms with Gasteiger partial charge in [-0.2, -0.15) is 0 Å². The molecule has 0 aliphatic carbocycles. The van der Waals surface area contributed by atoms with Gasteiger partial charge in [-0.05, 0) is 44.0 Å². The van der Waals surface area contributed by atoms with E-state index in [1.165, 1.54) is 23.1 Å². The van der Waals surface area contributed by atoms with E-state index in [-0.39, 0.29) is 29.5 Å². The zero-order valence-corrected chi connectivity index (χ0v) is 24.8. The average molecular weight is 614 g/mol. The lowest BCUT2D eigenvalue weighted by Crippen LogP contribution is -2.33. The topological polar surface area (TPSA) is 102 Å². The SMILES string of the molecule is CCn1c(SCC(=O)Nc2nc(-c3ccc(Br)cc3)cs2)nnc1[C@H](NC(=O)c1ccc(C)cc1)C(C)C. The van der Waals surface area contributed by atoms with Gasteiger partial charge < -0.3 is 15.2 Å². The van der Waals surface area contributed by atoms with Gasteiger partial charge in [0.05, 0.1) is 17.5 Å². The number of hydrogen-bond acceptors (Lipinski definition) is 7. The van der Waals surface area contributed by atoms with Crippen LogP contribution in [-0.4, -0.2) is 37.3 Å². The van der Waals surface area contributed by atoms with Gasteiger partial charge in [0.15, 0.2) is 16.1 Å². The number of aromatic nitrogens is 4. The average Bonchev–Trinajstić information content (AvgIpc) is 3.53. The molecule has 38 heavy (non-hydrogen) atoms. The molecule has 2 aromatic carbocycles. The van der Waals surface area contributed by atoms with Crippen molar-refractivity contribution in [2.24, 2.45) is 5.92 Å². The van der Waals surface area contributed by atoms with E-state index in [1.54, 1.807) is 0 Å². The maximum Gasteiger partial charge on any atom is 0.251 e. The highest BCUT2D eigenvalue weighted by molar-refractivity contribution is 9.10. The van der Waals surface area contributed by atoms with Crippen LogP contribution in [0.25, 0.3) is 11.3 Å². The van der Waals surface area contributed by atoms with E-state index in [1.807, 2.05) is 86.2 Å². The third kappa shape index (κ3) is 6.89. The molecular formula is C27H29BrN6O2S2. The smallest absolute Gasteiger partial charge is 0.251 e. The summed E-state index contributed by atoms with van der Waals surface area (Å²) in [7, 11) is 0. The molecule has 4 rings (SSSR count). The Hall–Kier alpha value is -3.02. The summed E-state index contributed by atoms with van der Waals surface area (Å²) in [6.45, 7) is 8.66. The molecule has 0 spiro atoms. The molecule has 11 heteroatoms. The van der Waals surface area contributed by atoms with E-state index in [4.69, 9.17) is 0 Å². The Balaban J connectivity index is 1.40. The lowest BCUT2D eigenvalue weighted by atomic mass is 10.0. The molecule has 0 bridgehead atoms. The van der Waals surface area contributed by atoms with Gasteiger partial charge >= 0.3 is 0 Å². The summed E-state index contributed by atoms with van der Waals surface area (Å²) in [6.07, 6.45) is 0. The Kier molecular flexibility index (Phi) is 9.35. The van der Waals surface area contributed by atoms with Gasteiger partial charge in [0.25, 0.3) is 5.91 Å². The lowest BCUT2D eigenvalue weighted by Gasteiger charge is -2.22. The lowest BCUT2D eigenvalue weighted by molar-refractivity contribution is -0.113. The van der Waals surface area contributed by atoms with E-state index in [2.05, 4.69) is 41.7 Å². The second-order valence-electron chi connectivity index (χ2n) is 9.03. The number of anilines is 1. The standard InChI is InChI=1S/C27H29BrN6O2S2/c1-5-34-24(23(16(2)3)31-25(36)19-8-6-17(4)7-9-19)32-33-27(34)38-15-22(35)30-26-29-21(14-37-26)18-10-12-20(28)13-11-18/h6-14,16,23H,5,15H2,1-4H3,(H,31,36)(H,29,30,35)/t23-/m1/s1.